The summed E-state index contributed by atoms with van der Waals surface area (Å²) in [6, 6.07) is 17.9. The summed E-state index contributed by atoms with van der Waals surface area (Å²) in [5, 5.41) is 2.77. The van der Waals surface area contributed by atoms with Gasteiger partial charge in [-0.25, -0.2) is 8.42 Å². The van der Waals surface area contributed by atoms with Gasteiger partial charge in [0.05, 0.1) is 30.5 Å². The van der Waals surface area contributed by atoms with E-state index in [-0.39, 0.29) is 4.90 Å². The molecule has 0 bridgehead atoms. The van der Waals surface area contributed by atoms with Crippen LogP contribution < -0.4 is 19.5 Å². The van der Waals surface area contributed by atoms with E-state index >= 15 is 0 Å². The first-order chi connectivity index (χ1) is 14.3. The molecule has 0 aliphatic rings. The lowest BCUT2D eigenvalue weighted by atomic mass is 10.1. The lowest BCUT2D eigenvalue weighted by molar-refractivity contribution is 0.102. The summed E-state index contributed by atoms with van der Waals surface area (Å²) in [5.74, 6) is 0.635. The first-order valence-corrected chi connectivity index (χ1v) is 10.5. The van der Waals surface area contributed by atoms with Crippen LogP contribution >= 0.6 is 0 Å². The van der Waals surface area contributed by atoms with Crippen molar-refractivity contribution in [1.29, 1.82) is 0 Å². The van der Waals surface area contributed by atoms with E-state index in [2.05, 4.69) is 10.0 Å². The summed E-state index contributed by atoms with van der Waals surface area (Å²) in [5.41, 5.74) is 1.78. The van der Waals surface area contributed by atoms with Crippen LogP contribution in [0.1, 0.15) is 15.9 Å². The van der Waals surface area contributed by atoms with Gasteiger partial charge >= 0.3 is 0 Å². The number of nitrogens with one attached hydrogen (secondary N) is 2. The number of anilines is 2. The van der Waals surface area contributed by atoms with Crippen LogP contribution in [0.25, 0.3) is 0 Å². The van der Waals surface area contributed by atoms with Crippen LogP contribution in [-0.2, 0) is 10.0 Å². The second kappa shape index (κ2) is 8.87. The van der Waals surface area contributed by atoms with E-state index in [1.807, 2.05) is 0 Å². The van der Waals surface area contributed by atoms with Gasteiger partial charge in [0.2, 0.25) is 0 Å². The third-order valence-electron chi connectivity index (χ3n) is 4.45. The molecule has 7 nitrogen and oxygen atoms in total. The third kappa shape index (κ3) is 4.72. The van der Waals surface area contributed by atoms with Crippen molar-refractivity contribution in [3.63, 3.8) is 0 Å². The average Bonchev–Trinajstić information content (AvgIpc) is 2.76. The van der Waals surface area contributed by atoms with Crippen LogP contribution in [0, 0.1) is 6.92 Å². The number of aryl methyl sites for hydroxylation is 1. The SMILES string of the molecule is COc1ccc(NC(=O)c2ccc(C)c(NS(=O)(=O)c3ccccc3)c2)c(OC)c1. The highest BCUT2D eigenvalue weighted by Crippen LogP contribution is 2.30. The van der Waals surface area contributed by atoms with Crippen molar-refractivity contribution < 1.29 is 22.7 Å². The van der Waals surface area contributed by atoms with Crippen molar-refractivity contribution in [3.8, 4) is 11.5 Å². The Kier molecular flexibility index (Phi) is 6.27. The molecule has 0 saturated heterocycles. The normalized spacial score (nSPS) is 10.9. The van der Waals surface area contributed by atoms with Crippen LogP contribution in [0.15, 0.2) is 71.6 Å². The van der Waals surface area contributed by atoms with E-state index < -0.39 is 15.9 Å². The van der Waals surface area contributed by atoms with Gasteiger partial charge in [0.1, 0.15) is 11.5 Å². The molecule has 8 heteroatoms. The van der Waals surface area contributed by atoms with Crippen molar-refractivity contribution in [1.82, 2.24) is 0 Å². The highest BCUT2D eigenvalue weighted by molar-refractivity contribution is 7.92. The molecule has 0 aliphatic carbocycles. The number of methoxy groups -OCH3 is 2. The molecule has 3 aromatic carbocycles. The lowest BCUT2D eigenvalue weighted by Gasteiger charge is -2.14. The van der Waals surface area contributed by atoms with Gasteiger partial charge < -0.3 is 14.8 Å². The highest BCUT2D eigenvalue weighted by atomic mass is 32.2. The number of sulfonamides is 1. The Bertz CT molecular complexity index is 1160. The first kappa shape index (κ1) is 21.2. The van der Waals surface area contributed by atoms with Crippen LogP contribution in [-0.4, -0.2) is 28.5 Å². The van der Waals surface area contributed by atoms with Gasteiger partial charge in [-0.15, -0.1) is 0 Å². The van der Waals surface area contributed by atoms with Gasteiger partial charge in [-0.3, -0.25) is 9.52 Å². The molecule has 0 aromatic heterocycles. The molecule has 0 heterocycles. The molecule has 0 aliphatic heterocycles. The molecule has 30 heavy (non-hydrogen) atoms. The Morgan fingerprint density at radius 3 is 2.27 bits per heavy atom. The zero-order valence-electron chi connectivity index (χ0n) is 16.8. The number of hydrogen-bond donors (Lipinski definition) is 2. The number of amides is 1. The van der Waals surface area contributed by atoms with Crippen molar-refractivity contribution in [2.24, 2.45) is 0 Å². The molecule has 156 valence electrons. The van der Waals surface area contributed by atoms with Crippen molar-refractivity contribution >= 4 is 27.3 Å². The first-order valence-electron chi connectivity index (χ1n) is 9.06. The molecule has 2 N–H and O–H groups in total. The number of carbonyl (C=O) groups is 1. The molecule has 0 unspecified atom stereocenters. The predicted molar refractivity (Wildman–Crippen MR) is 116 cm³/mol. The van der Waals surface area contributed by atoms with Crippen molar-refractivity contribution in [2.45, 2.75) is 11.8 Å². The quantitative estimate of drug-likeness (QED) is 0.594. The largest absolute Gasteiger partial charge is 0.497 e. The second-order valence-corrected chi connectivity index (χ2v) is 8.15. The maximum Gasteiger partial charge on any atom is 0.261 e. The summed E-state index contributed by atoms with van der Waals surface area (Å²) < 4.78 is 38.3. The molecule has 0 fully saturated rings. The van der Waals surface area contributed by atoms with E-state index in [9.17, 15) is 13.2 Å². The zero-order valence-corrected chi connectivity index (χ0v) is 17.6. The van der Waals surface area contributed by atoms with Crippen LogP contribution in [0.5, 0.6) is 11.5 Å². The van der Waals surface area contributed by atoms with Gasteiger partial charge in [0, 0.05) is 11.6 Å². The summed E-state index contributed by atoms with van der Waals surface area (Å²) in [4.78, 5) is 12.9. The number of rotatable bonds is 7. The minimum absolute atomic E-state index is 0.141. The standard InChI is InChI=1S/C22H22N2O5S/c1-15-9-10-16(13-20(15)24-30(26,27)18-7-5-4-6-8-18)22(25)23-19-12-11-17(28-2)14-21(19)29-3/h4-14,24H,1-3H3,(H,23,25). The molecule has 1 amide bonds. The number of ether oxygens (including phenoxy) is 2. The van der Waals surface area contributed by atoms with Crippen LogP contribution in [0.3, 0.4) is 0 Å². The van der Waals surface area contributed by atoms with Gasteiger partial charge in [0.25, 0.3) is 15.9 Å². The van der Waals surface area contributed by atoms with Crippen LogP contribution in [0.4, 0.5) is 11.4 Å². The van der Waals surface area contributed by atoms with Crippen molar-refractivity contribution in [2.75, 3.05) is 24.3 Å². The van der Waals surface area contributed by atoms with Gasteiger partial charge in [-0.1, -0.05) is 24.3 Å². The predicted octanol–water partition coefficient (Wildman–Crippen LogP) is 4.07. The lowest BCUT2D eigenvalue weighted by Crippen LogP contribution is -2.16. The number of carbonyl (C=O) groups excluding carboxylic acids is 1. The van der Waals surface area contributed by atoms with E-state index in [4.69, 9.17) is 9.47 Å². The second-order valence-electron chi connectivity index (χ2n) is 6.47. The molecular formula is C22H22N2O5S. The Morgan fingerprint density at radius 1 is 0.867 bits per heavy atom. The van der Waals surface area contributed by atoms with E-state index in [1.165, 1.54) is 32.4 Å². The fourth-order valence-electron chi connectivity index (χ4n) is 2.77. The minimum atomic E-state index is -3.77. The smallest absolute Gasteiger partial charge is 0.261 e. The summed E-state index contributed by atoms with van der Waals surface area (Å²) in [7, 11) is -0.739. The highest BCUT2D eigenvalue weighted by Gasteiger charge is 2.17. The fraction of sp³-hybridized carbons (Fsp3) is 0.136. The number of benzene rings is 3. The zero-order chi connectivity index (χ0) is 21.7. The topological polar surface area (TPSA) is 93.7 Å². The van der Waals surface area contributed by atoms with Gasteiger partial charge in [-0.05, 0) is 48.9 Å². The van der Waals surface area contributed by atoms with E-state index in [0.29, 0.717) is 34.0 Å². The average molecular weight is 426 g/mol. The monoisotopic (exact) mass is 426 g/mol. The summed E-state index contributed by atoms with van der Waals surface area (Å²) in [6.07, 6.45) is 0. The third-order valence-corrected chi connectivity index (χ3v) is 5.84. The molecular weight excluding hydrogens is 404 g/mol. The number of hydrogen-bond acceptors (Lipinski definition) is 5. The maximum absolute atomic E-state index is 12.8. The fourth-order valence-corrected chi connectivity index (χ4v) is 3.92. The minimum Gasteiger partial charge on any atom is -0.497 e. The molecule has 3 aromatic rings. The summed E-state index contributed by atoms with van der Waals surface area (Å²) >= 11 is 0. The summed E-state index contributed by atoms with van der Waals surface area (Å²) in [6.45, 7) is 1.76. The van der Waals surface area contributed by atoms with Crippen molar-refractivity contribution in [3.05, 3.63) is 77.9 Å². The van der Waals surface area contributed by atoms with Gasteiger partial charge in [-0.2, -0.15) is 0 Å². The van der Waals surface area contributed by atoms with Crippen LogP contribution in [0.2, 0.25) is 0 Å². The van der Waals surface area contributed by atoms with Gasteiger partial charge in [0.15, 0.2) is 0 Å². The van der Waals surface area contributed by atoms with E-state index in [0.717, 1.165) is 0 Å². The van der Waals surface area contributed by atoms with E-state index in [1.54, 1.807) is 55.5 Å². The Hall–Kier alpha value is -3.52. The Labute approximate surface area is 175 Å². The molecule has 3 rings (SSSR count). The maximum atomic E-state index is 12.8. The Balaban J connectivity index is 1.85. The molecule has 0 spiro atoms. The molecule has 0 radical (unpaired) electrons. The Morgan fingerprint density at radius 2 is 1.60 bits per heavy atom. The molecule has 0 saturated carbocycles. The molecule has 0 atom stereocenters.